The number of rotatable bonds is 1. The number of ether oxygens (including phenoxy) is 1. The van der Waals surface area contributed by atoms with E-state index in [1.807, 2.05) is 0 Å². The van der Waals surface area contributed by atoms with E-state index in [-0.39, 0.29) is 21.9 Å². The highest BCUT2D eigenvalue weighted by molar-refractivity contribution is 6.31. The third-order valence-corrected chi connectivity index (χ3v) is 2.46. The van der Waals surface area contributed by atoms with Crippen LogP contribution in [0, 0.1) is 5.82 Å². The Morgan fingerprint density at radius 1 is 1.56 bits per heavy atom. The lowest BCUT2D eigenvalue weighted by Gasteiger charge is -1.99. The van der Waals surface area contributed by atoms with Gasteiger partial charge in [-0.25, -0.2) is 9.18 Å². The molecule has 0 aliphatic carbocycles. The monoisotopic (exact) mass is 242 g/mol. The zero-order valence-electron chi connectivity index (χ0n) is 8.30. The number of aromatic nitrogens is 1. The number of hydrogen-bond donors (Lipinski definition) is 2. The van der Waals surface area contributed by atoms with Crippen LogP contribution in [0.3, 0.4) is 0 Å². The molecule has 6 heteroatoms. The second-order valence-corrected chi connectivity index (χ2v) is 3.65. The van der Waals surface area contributed by atoms with E-state index in [9.17, 15) is 9.18 Å². The molecule has 0 spiro atoms. The standard InChI is InChI=1S/C10H8ClFN2O2/c1-16-10(15)7-5-2-4(11)3-6(12)8(5)14-9(7)13/h2-3,14H,13H2,1H3. The van der Waals surface area contributed by atoms with E-state index >= 15 is 0 Å². The Balaban J connectivity index is 2.83. The van der Waals surface area contributed by atoms with E-state index in [0.29, 0.717) is 5.39 Å². The second-order valence-electron chi connectivity index (χ2n) is 3.22. The van der Waals surface area contributed by atoms with Gasteiger partial charge in [-0.05, 0) is 12.1 Å². The second kappa shape index (κ2) is 3.68. The van der Waals surface area contributed by atoms with Gasteiger partial charge in [-0.1, -0.05) is 11.6 Å². The Morgan fingerprint density at radius 2 is 2.25 bits per heavy atom. The van der Waals surface area contributed by atoms with Gasteiger partial charge in [0.15, 0.2) is 0 Å². The molecule has 1 aromatic carbocycles. The first kappa shape index (κ1) is 10.8. The summed E-state index contributed by atoms with van der Waals surface area (Å²) in [5, 5.41) is 0.503. The maximum atomic E-state index is 13.5. The molecule has 2 rings (SSSR count). The zero-order valence-corrected chi connectivity index (χ0v) is 9.06. The Hall–Kier alpha value is -1.75. The first-order valence-electron chi connectivity index (χ1n) is 4.39. The summed E-state index contributed by atoms with van der Waals surface area (Å²) >= 11 is 5.71. The quantitative estimate of drug-likeness (QED) is 0.754. The number of nitrogens with one attached hydrogen (secondary N) is 1. The van der Waals surface area contributed by atoms with E-state index in [1.54, 1.807) is 0 Å². The molecule has 0 saturated heterocycles. The molecular weight excluding hydrogens is 235 g/mol. The maximum absolute atomic E-state index is 13.5. The van der Waals surface area contributed by atoms with Crippen molar-refractivity contribution in [2.45, 2.75) is 0 Å². The number of carbonyl (C=O) groups is 1. The van der Waals surface area contributed by atoms with Crippen LogP contribution in [0.2, 0.25) is 5.02 Å². The normalized spacial score (nSPS) is 10.7. The van der Waals surface area contributed by atoms with Gasteiger partial charge in [0.1, 0.15) is 17.2 Å². The highest BCUT2D eigenvalue weighted by atomic mass is 35.5. The highest BCUT2D eigenvalue weighted by Crippen LogP contribution is 2.29. The van der Waals surface area contributed by atoms with E-state index < -0.39 is 11.8 Å². The molecule has 0 aliphatic heterocycles. The van der Waals surface area contributed by atoms with Gasteiger partial charge in [0.2, 0.25) is 0 Å². The molecule has 84 valence electrons. The third-order valence-electron chi connectivity index (χ3n) is 2.24. The lowest BCUT2D eigenvalue weighted by atomic mass is 10.1. The average molecular weight is 243 g/mol. The van der Waals surface area contributed by atoms with Crippen molar-refractivity contribution in [2.24, 2.45) is 0 Å². The van der Waals surface area contributed by atoms with Crippen molar-refractivity contribution in [1.82, 2.24) is 4.98 Å². The summed E-state index contributed by atoms with van der Waals surface area (Å²) < 4.78 is 18.0. The van der Waals surface area contributed by atoms with Gasteiger partial charge < -0.3 is 15.5 Å². The van der Waals surface area contributed by atoms with Crippen LogP contribution in [0.15, 0.2) is 12.1 Å². The van der Waals surface area contributed by atoms with E-state index in [4.69, 9.17) is 17.3 Å². The summed E-state index contributed by atoms with van der Waals surface area (Å²) in [5.74, 6) is -1.14. The minimum Gasteiger partial charge on any atom is -0.465 e. The number of hydrogen-bond acceptors (Lipinski definition) is 3. The molecule has 0 radical (unpaired) electrons. The van der Waals surface area contributed by atoms with E-state index in [2.05, 4.69) is 9.72 Å². The summed E-state index contributed by atoms with van der Waals surface area (Å²) in [6.07, 6.45) is 0. The number of benzene rings is 1. The maximum Gasteiger partial charge on any atom is 0.342 e. The van der Waals surface area contributed by atoms with Gasteiger partial charge in [-0.3, -0.25) is 0 Å². The number of H-pyrrole nitrogens is 1. The van der Waals surface area contributed by atoms with Crippen molar-refractivity contribution in [2.75, 3.05) is 12.8 Å². The average Bonchev–Trinajstić information content (AvgIpc) is 2.54. The van der Waals surface area contributed by atoms with Gasteiger partial charge in [0, 0.05) is 10.4 Å². The van der Waals surface area contributed by atoms with E-state index in [0.717, 1.165) is 6.07 Å². The lowest BCUT2D eigenvalue weighted by Crippen LogP contribution is -2.03. The minimum atomic E-state index is -0.634. The number of fused-ring (bicyclic) bond motifs is 1. The van der Waals surface area contributed by atoms with Crippen LogP contribution in [0.4, 0.5) is 10.2 Å². The van der Waals surface area contributed by atoms with Gasteiger partial charge in [-0.2, -0.15) is 0 Å². The molecule has 0 amide bonds. The number of halogens is 2. The van der Waals surface area contributed by atoms with Crippen LogP contribution in [-0.2, 0) is 4.74 Å². The number of anilines is 1. The van der Waals surface area contributed by atoms with E-state index in [1.165, 1.54) is 13.2 Å². The minimum absolute atomic E-state index is 0.0583. The molecule has 0 aliphatic rings. The number of carbonyl (C=O) groups excluding carboxylic acids is 1. The van der Waals surface area contributed by atoms with Gasteiger partial charge in [0.05, 0.1) is 12.6 Å². The number of esters is 1. The Morgan fingerprint density at radius 3 is 2.88 bits per heavy atom. The third kappa shape index (κ3) is 1.49. The molecule has 0 atom stereocenters. The van der Waals surface area contributed by atoms with Crippen molar-refractivity contribution < 1.29 is 13.9 Å². The molecule has 0 bridgehead atoms. The van der Waals surface area contributed by atoms with Gasteiger partial charge in [0.25, 0.3) is 0 Å². The van der Waals surface area contributed by atoms with Crippen LogP contribution >= 0.6 is 11.6 Å². The van der Waals surface area contributed by atoms with Crippen LogP contribution in [0.1, 0.15) is 10.4 Å². The number of nitrogens with two attached hydrogens (primary N) is 1. The number of nitrogen functional groups attached to an aromatic ring is 1. The first-order chi connectivity index (χ1) is 7.54. The number of aromatic amines is 1. The fraction of sp³-hybridized carbons (Fsp3) is 0.100. The van der Waals surface area contributed by atoms with Crippen LogP contribution in [0.25, 0.3) is 10.9 Å². The molecule has 1 heterocycles. The Labute approximate surface area is 95.1 Å². The summed E-state index contributed by atoms with van der Waals surface area (Å²) in [5.41, 5.74) is 5.82. The molecule has 1 aromatic heterocycles. The van der Waals surface area contributed by atoms with Crippen molar-refractivity contribution >= 4 is 34.3 Å². The predicted octanol–water partition coefficient (Wildman–Crippen LogP) is 2.33. The topological polar surface area (TPSA) is 68.1 Å². The largest absolute Gasteiger partial charge is 0.465 e. The van der Waals surface area contributed by atoms with Gasteiger partial charge in [-0.15, -0.1) is 0 Å². The van der Waals surface area contributed by atoms with Crippen molar-refractivity contribution in [3.05, 3.63) is 28.5 Å². The zero-order chi connectivity index (χ0) is 11.9. The summed E-state index contributed by atoms with van der Waals surface area (Å²) in [6, 6.07) is 2.60. The molecule has 0 fully saturated rings. The number of methoxy groups -OCH3 is 1. The molecule has 4 nitrogen and oxygen atoms in total. The lowest BCUT2D eigenvalue weighted by molar-refractivity contribution is 0.0604. The molecule has 2 aromatic rings. The van der Waals surface area contributed by atoms with Crippen molar-refractivity contribution in [1.29, 1.82) is 0 Å². The summed E-state index contributed by atoms with van der Waals surface area (Å²) in [6.45, 7) is 0. The summed E-state index contributed by atoms with van der Waals surface area (Å²) in [4.78, 5) is 14.0. The Kier molecular flexibility index (Phi) is 2.47. The predicted molar refractivity (Wildman–Crippen MR) is 59.0 cm³/mol. The fourth-order valence-electron chi connectivity index (χ4n) is 1.56. The highest BCUT2D eigenvalue weighted by Gasteiger charge is 2.19. The molecule has 0 saturated carbocycles. The van der Waals surface area contributed by atoms with Crippen LogP contribution < -0.4 is 5.73 Å². The molecule has 0 unspecified atom stereocenters. The van der Waals surface area contributed by atoms with Gasteiger partial charge >= 0.3 is 5.97 Å². The summed E-state index contributed by atoms with van der Waals surface area (Å²) in [7, 11) is 1.22. The fourth-order valence-corrected chi connectivity index (χ4v) is 1.77. The Bertz CT molecular complexity index is 580. The first-order valence-corrected chi connectivity index (χ1v) is 4.77. The molecule has 16 heavy (non-hydrogen) atoms. The SMILES string of the molecule is COC(=O)c1c(N)[nH]c2c(F)cc(Cl)cc12. The van der Waals surface area contributed by atoms with Crippen molar-refractivity contribution in [3.8, 4) is 0 Å². The molecular formula is C10H8ClFN2O2. The molecule has 3 N–H and O–H groups in total. The van der Waals surface area contributed by atoms with Crippen LogP contribution in [-0.4, -0.2) is 18.1 Å². The van der Waals surface area contributed by atoms with Crippen molar-refractivity contribution in [3.63, 3.8) is 0 Å². The van der Waals surface area contributed by atoms with Crippen LogP contribution in [0.5, 0.6) is 0 Å². The smallest absolute Gasteiger partial charge is 0.342 e.